The fourth-order valence-corrected chi connectivity index (χ4v) is 7.40. The number of hydrogen-bond acceptors (Lipinski definition) is 14. The third-order valence-electron chi connectivity index (χ3n) is 8.72. The van der Waals surface area contributed by atoms with Gasteiger partial charge in [-0.2, -0.15) is 0 Å². The normalized spacial score (nSPS) is 26.0. The topological polar surface area (TPSA) is 258 Å². The van der Waals surface area contributed by atoms with E-state index in [1.165, 1.54) is 25.3 Å². The number of rotatable bonds is 21. The minimum absolute atomic E-state index is 0.0563. The number of allylic oxidation sites excluding steroid dienone is 18. The van der Waals surface area contributed by atoms with Crippen LogP contribution in [0.3, 0.4) is 0 Å². The molecule has 1 amide bonds. The van der Waals surface area contributed by atoms with E-state index in [1.807, 2.05) is 36.5 Å². The van der Waals surface area contributed by atoms with Crippen molar-refractivity contribution in [2.24, 2.45) is 0 Å². The maximum Gasteiger partial charge on any atom is 0.527 e. The molecular weight excluding hydrogens is 850 g/mol. The van der Waals surface area contributed by atoms with Crippen molar-refractivity contribution in [3.8, 4) is 0 Å². The van der Waals surface area contributed by atoms with Gasteiger partial charge in [0, 0.05) is 36.4 Å². The Morgan fingerprint density at radius 2 is 1.11 bits per heavy atom. The summed E-state index contributed by atoms with van der Waals surface area (Å²) in [5.41, 5.74) is -0.597. The molecular formula is C41H50N4O15P2. The van der Waals surface area contributed by atoms with Crippen molar-refractivity contribution >= 4 is 21.6 Å². The van der Waals surface area contributed by atoms with Crippen molar-refractivity contribution in [2.75, 3.05) is 13.2 Å². The van der Waals surface area contributed by atoms with Crippen LogP contribution in [0.15, 0.2) is 162 Å². The van der Waals surface area contributed by atoms with Gasteiger partial charge in [0.1, 0.15) is 42.7 Å². The molecule has 0 bridgehead atoms. The van der Waals surface area contributed by atoms with Gasteiger partial charge in [-0.15, -0.1) is 0 Å². The van der Waals surface area contributed by atoms with Crippen molar-refractivity contribution in [3.05, 3.63) is 179 Å². The standard InChI is InChI=1S/C41H50N4O15P2/c1-30-26-44(32(3)42-39(30)48)37-24-33(35(28-46)57-37)59-61(51,52)55-22-20-18-16-14-12-10-8-6-4-5-7-9-11-13-15-17-19-21-23-56-62(53,54)60-34-25-38(58-36(34)29-47)45-27-31(2)40(49)43-41(45)50/h4-23,26-27,33-38,46-47H,3,24-25,28-29H2,1-2H3,(H,42,48)(H,51,52)(H,53,54)(H,43,49,50)/b6-4+,7-5+,10-8+,11-9+,14-12+,15-13+,18-16+,19-17+,22-20-,23-21-/t33?,34-,35+,36-,37+,38-/m1/s1. The van der Waals surface area contributed by atoms with E-state index in [0.717, 1.165) is 17.1 Å². The first-order chi connectivity index (χ1) is 29.6. The highest BCUT2D eigenvalue weighted by Gasteiger charge is 2.44. The number of H-pyrrole nitrogens is 1. The van der Waals surface area contributed by atoms with E-state index in [-0.39, 0.29) is 30.1 Å². The van der Waals surface area contributed by atoms with Gasteiger partial charge < -0.3 is 39.0 Å². The predicted molar refractivity (Wildman–Crippen MR) is 228 cm³/mol. The van der Waals surface area contributed by atoms with E-state index >= 15 is 0 Å². The molecule has 1 aromatic heterocycles. The first-order valence-corrected chi connectivity index (χ1v) is 22.0. The zero-order chi connectivity index (χ0) is 45.1. The van der Waals surface area contributed by atoms with Crippen LogP contribution in [0.2, 0.25) is 0 Å². The lowest BCUT2D eigenvalue weighted by molar-refractivity contribution is -0.118. The summed E-state index contributed by atoms with van der Waals surface area (Å²) >= 11 is 0. The molecule has 2 fully saturated rings. The zero-order valence-corrected chi connectivity index (χ0v) is 35.6. The Morgan fingerprint density at radius 3 is 1.55 bits per heavy atom. The van der Waals surface area contributed by atoms with E-state index in [4.69, 9.17) is 27.6 Å². The number of hydrogen-bond donors (Lipinski definition) is 6. The molecule has 6 N–H and O–H groups in total. The van der Waals surface area contributed by atoms with Crippen LogP contribution in [0.5, 0.6) is 0 Å². The first kappa shape index (κ1) is 49.2. The molecule has 1 aromatic rings. The smallest absolute Gasteiger partial charge is 0.412 e. The maximum atomic E-state index is 12.5. The summed E-state index contributed by atoms with van der Waals surface area (Å²) in [4.78, 5) is 59.7. The molecule has 19 nitrogen and oxygen atoms in total. The molecule has 0 aromatic carbocycles. The summed E-state index contributed by atoms with van der Waals surface area (Å²) in [7, 11) is -9.14. The average molecular weight is 901 g/mol. The Morgan fingerprint density at radius 1 is 0.710 bits per heavy atom. The lowest BCUT2D eigenvalue weighted by Crippen LogP contribution is -2.42. The summed E-state index contributed by atoms with van der Waals surface area (Å²) in [6.45, 7) is 5.89. The molecule has 4 rings (SSSR count). The monoisotopic (exact) mass is 900 g/mol. The Kier molecular flexibility index (Phi) is 19.3. The molecule has 3 aliphatic rings. The SMILES string of the molecule is C=C1NC(=O)C(C)=CN1[C@@H]1CC(OP(=O)(O)O\C=C/C=C/C=C/C=C/C=C/C=C/C=C/C=C/C=C/C=C\OP(=O)(O)O[C@@H]2C[C@H](n3cc(C)c(=O)[nH]c3=O)O[C@@H]2CO)[C@H](CO)O1. The second-order valence-electron chi connectivity index (χ2n) is 13.4. The number of aryl methyl sites for hydroxylation is 1. The summed E-state index contributed by atoms with van der Waals surface area (Å²) in [5, 5.41) is 22.0. The minimum atomic E-state index is -4.60. The highest BCUT2D eigenvalue weighted by Crippen LogP contribution is 2.49. The Hall–Kier alpha value is -5.43. The molecule has 334 valence electrons. The molecule has 62 heavy (non-hydrogen) atoms. The molecule has 0 radical (unpaired) electrons. The van der Waals surface area contributed by atoms with Crippen LogP contribution in [0, 0.1) is 6.92 Å². The molecule has 21 heteroatoms. The number of amides is 1. The summed E-state index contributed by atoms with van der Waals surface area (Å²) in [5.74, 6) is -0.0330. The molecule has 3 unspecified atom stereocenters. The largest absolute Gasteiger partial charge is 0.527 e. The second-order valence-corrected chi connectivity index (χ2v) is 16.1. The number of aromatic nitrogens is 2. The van der Waals surface area contributed by atoms with Gasteiger partial charge >= 0.3 is 21.3 Å². The third kappa shape index (κ3) is 15.8. The number of aromatic amines is 1. The van der Waals surface area contributed by atoms with Gasteiger partial charge in [0.25, 0.3) is 11.5 Å². The molecule has 0 spiro atoms. The molecule has 0 saturated carbocycles. The van der Waals surface area contributed by atoms with E-state index < -0.39 is 77.0 Å². The second kappa shape index (κ2) is 24.3. The molecule has 2 saturated heterocycles. The fourth-order valence-electron chi connectivity index (χ4n) is 5.72. The third-order valence-corrected chi connectivity index (χ3v) is 10.6. The number of ether oxygens (including phenoxy) is 2. The van der Waals surface area contributed by atoms with Gasteiger partial charge in [-0.3, -0.25) is 38.0 Å². The van der Waals surface area contributed by atoms with Crippen LogP contribution >= 0.6 is 15.6 Å². The van der Waals surface area contributed by atoms with Crippen molar-refractivity contribution in [3.63, 3.8) is 0 Å². The van der Waals surface area contributed by atoms with Gasteiger partial charge in [-0.1, -0.05) is 104 Å². The van der Waals surface area contributed by atoms with E-state index in [0.29, 0.717) is 5.57 Å². The highest BCUT2D eigenvalue weighted by molar-refractivity contribution is 7.47. The number of carbonyl (C=O) groups excluding carboxylic acids is 1. The lowest BCUT2D eigenvalue weighted by Gasteiger charge is -2.32. The molecule has 4 heterocycles. The van der Waals surface area contributed by atoms with Gasteiger partial charge in [-0.05, 0) is 26.0 Å². The van der Waals surface area contributed by atoms with Gasteiger partial charge in [0.05, 0.1) is 25.7 Å². The van der Waals surface area contributed by atoms with E-state index in [1.54, 1.807) is 78.8 Å². The van der Waals surface area contributed by atoms with Gasteiger partial charge in [0.2, 0.25) is 0 Å². The maximum absolute atomic E-state index is 12.5. The summed E-state index contributed by atoms with van der Waals surface area (Å²) in [6, 6.07) is 0. The predicted octanol–water partition coefficient (Wildman–Crippen LogP) is 4.52. The van der Waals surface area contributed by atoms with Crippen LogP contribution in [0.25, 0.3) is 0 Å². The van der Waals surface area contributed by atoms with Gasteiger partial charge in [-0.25, -0.2) is 13.9 Å². The number of aliphatic hydroxyl groups is 2. The number of aliphatic hydroxyl groups excluding tert-OH is 2. The Balaban J connectivity index is 1.08. The zero-order valence-electron chi connectivity index (χ0n) is 33.8. The first-order valence-electron chi connectivity index (χ1n) is 19.0. The van der Waals surface area contributed by atoms with Crippen molar-refractivity contribution in [1.29, 1.82) is 0 Å². The van der Waals surface area contributed by atoms with E-state index in [9.17, 15) is 43.5 Å². The Labute approximate surface area is 357 Å². The van der Waals surface area contributed by atoms with Crippen LogP contribution in [0.4, 0.5) is 0 Å². The highest BCUT2D eigenvalue weighted by atomic mass is 31.2. The summed E-state index contributed by atoms with van der Waals surface area (Å²) < 4.78 is 57.7. The molecule has 3 aliphatic heterocycles. The minimum Gasteiger partial charge on any atom is -0.412 e. The molecule has 8 atom stereocenters. The quantitative estimate of drug-likeness (QED) is 0.0563. The van der Waals surface area contributed by atoms with Crippen LogP contribution in [0.1, 0.15) is 31.6 Å². The number of nitrogens with zero attached hydrogens (tertiary/aromatic N) is 2. The van der Waals surface area contributed by atoms with Crippen molar-refractivity contribution < 1.29 is 61.5 Å². The average Bonchev–Trinajstić information content (AvgIpc) is 3.81. The van der Waals surface area contributed by atoms with Crippen LogP contribution < -0.4 is 16.6 Å². The molecule has 0 aliphatic carbocycles. The number of carbonyl (C=O) groups is 1. The number of phosphoric ester groups is 2. The number of nitrogens with one attached hydrogen (secondary N) is 2. The van der Waals surface area contributed by atoms with Crippen molar-refractivity contribution in [1.82, 2.24) is 19.8 Å². The van der Waals surface area contributed by atoms with Crippen molar-refractivity contribution in [2.45, 2.75) is 63.6 Å². The van der Waals surface area contributed by atoms with E-state index in [2.05, 4.69) is 16.9 Å². The van der Waals surface area contributed by atoms with Crippen LogP contribution in [-0.2, 0) is 41.5 Å². The Bertz CT molecular complexity index is 2280. The van der Waals surface area contributed by atoms with Crippen LogP contribution in [-0.4, -0.2) is 84.2 Å². The lowest BCUT2D eigenvalue weighted by atomic mass is 10.1. The summed E-state index contributed by atoms with van der Waals surface area (Å²) in [6.07, 6.45) is 30.1. The number of phosphoric acid groups is 2. The fraction of sp³-hybridized carbons (Fsp3) is 0.293. The van der Waals surface area contributed by atoms with Gasteiger partial charge in [0.15, 0.2) is 0 Å².